The maximum absolute atomic E-state index is 13.2. The molecule has 198 valence electrons. The van der Waals surface area contributed by atoms with Gasteiger partial charge in [0.05, 0.1) is 25.0 Å². The number of carbonyl (C=O) groups excluding carboxylic acids is 3. The molecule has 0 saturated carbocycles. The van der Waals surface area contributed by atoms with Crippen LogP contribution in [0.4, 0.5) is 0 Å². The van der Waals surface area contributed by atoms with Crippen LogP contribution in [0, 0.1) is 11.8 Å². The molecule has 0 saturated heterocycles. The molecule has 7 nitrogen and oxygen atoms in total. The molecule has 0 aliphatic heterocycles. The third-order valence-corrected chi connectivity index (χ3v) is 5.94. The molecule has 0 heterocycles. The Morgan fingerprint density at radius 2 is 1.54 bits per heavy atom. The molecule has 0 aliphatic carbocycles. The standard InChI is InChI=1S/C30H38N2O5/c1-4-12-25(19-28(34)32-22(3)21-33)29(35)31-20-27(24-16-10-7-11-17-24)37-30(36)26(13-5-2)18-23-14-8-6-9-15-23/h4-11,14-17,22,25-27,33H,1-2,12-13,18-21H2,3H3,(H,31,35)(H,32,34)/t22-,25+,26+,27+/m1/s1. The summed E-state index contributed by atoms with van der Waals surface area (Å²) in [4.78, 5) is 38.5. The van der Waals surface area contributed by atoms with Crippen molar-refractivity contribution in [1.82, 2.24) is 10.6 Å². The molecule has 0 aliphatic rings. The van der Waals surface area contributed by atoms with Crippen LogP contribution in [0.1, 0.15) is 43.4 Å². The van der Waals surface area contributed by atoms with Crippen LogP contribution in [0.25, 0.3) is 0 Å². The van der Waals surface area contributed by atoms with Gasteiger partial charge in [-0.15, -0.1) is 13.2 Å². The van der Waals surface area contributed by atoms with Gasteiger partial charge in [0, 0.05) is 12.5 Å². The van der Waals surface area contributed by atoms with Crippen molar-refractivity contribution in [2.45, 2.75) is 44.8 Å². The molecule has 2 aromatic carbocycles. The van der Waals surface area contributed by atoms with Crippen molar-refractivity contribution in [1.29, 1.82) is 0 Å². The Morgan fingerprint density at radius 1 is 0.946 bits per heavy atom. The lowest BCUT2D eigenvalue weighted by molar-refractivity contribution is -0.154. The minimum Gasteiger partial charge on any atom is -0.455 e. The fourth-order valence-electron chi connectivity index (χ4n) is 3.92. The van der Waals surface area contributed by atoms with Gasteiger partial charge in [-0.05, 0) is 37.3 Å². The molecule has 3 N–H and O–H groups in total. The first-order valence-electron chi connectivity index (χ1n) is 12.6. The van der Waals surface area contributed by atoms with E-state index in [9.17, 15) is 14.4 Å². The van der Waals surface area contributed by atoms with Gasteiger partial charge in [0.15, 0.2) is 0 Å². The van der Waals surface area contributed by atoms with Crippen LogP contribution in [-0.2, 0) is 25.5 Å². The average molecular weight is 507 g/mol. The van der Waals surface area contributed by atoms with E-state index in [0.717, 1.165) is 11.1 Å². The number of aliphatic hydroxyl groups is 1. The molecule has 2 amide bonds. The van der Waals surface area contributed by atoms with E-state index in [1.165, 1.54) is 0 Å². The second-order valence-electron chi connectivity index (χ2n) is 9.07. The SMILES string of the molecule is C=CC[C@@H](CC(=O)N[C@H](C)CO)C(=O)NC[C@H](OC(=O)[C@@H](CC=C)Cc1ccccc1)c1ccccc1. The summed E-state index contributed by atoms with van der Waals surface area (Å²) in [6, 6.07) is 18.6. The predicted molar refractivity (Wildman–Crippen MR) is 144 cm³/mol. The van der Waals surface area contributed by atoms with E-state index in [-0.39, 0.29) is 37.4 Å². The van der Waals surface area contributed by atoms with E-state index < -0.39 is 24.0 Å². The third-order valence-electron chi connectivity index (χ3n) is 5.94. The Bertz CT molecular complexity index is 1010. The van der Waals surface area contributed by atoms with Crippen molar-refractivity contribution in [2.24, 2.45) is 11.8 Å². The highest BCUT2D eigenvalue weighted by atomic mass is 16.5. The number of hydrogen-bond acceptors (Lipinski definition) is 5. The Balaban J connectivity index is 2.11. The van der Waals surface area contributed by atoms with Gasteiger partial charge >= 0.3 is 5.97 Å². The number of esters is 1. The zero-order chi connectivity index (χ0) is 27.0. The van der Waals surface area contributed by atoms with E-state index in [2.05, 4.69) is 23.8 Å². The Morgan fingerprint density at radius 3 is 2.14 bits per heavy atom. The van der Waals surface area contributed by atoms with Crippen LogP contribution in [0.5, 0.6) is 0 Å². The van der Waals surface area contributed by atoms with E-state index in [1.807, 2.05) is 60.7 Å². The van der Waals surface area contributed by atoms with E-state index in [4.69, 9.17) is 9.84 Å². The molecule has 0 radical (unpaired) electrons. The Hall–Kier alpha value is -3.71. The van der Waals surface area contributed by atoms with Crippen LogP contribution in [0.15, 0.2) is 86.0 Å². The fraction of sp³-hybridized carbons (Fsp3) is 0.367. The lowest BCUT2D eigenvalue weighted by atomic mass is 9.96. The summed E-state index contributed by atoms with van der Waals surface area (Å²) in [6.45, 7) is 9.02. The zero-order valence-corrected chi connectivity index (χ0v) is 21.5. The van der Waals surface area contributed by atoms with Crippen LogP contribution in [0.3, 0.4) is 0 Å². The highest BCUT2D eigenvalue weighted by Crippen LogP contribution is 2.22. The van der Waals surface area contributed by atoms with Gasteiger partial charge < -0.3 is 20.5 Å². The zero-order valence-electron chi connectivity index (χ0n) is 21.5. The lowest BCUT2D eigenvalue weighted by Crippen LogP contribution is -2.40. The van der Waals surface area contributed by atoms with E-state index in [1.54, 1.807) is 19.1 Å². The fourth-order valence-corrected chi connectivity index (χ4v) is 3.92. The smallest absolute Gasteiger partial charge is 0.310 e. The van der Waals surface area contributed by atoms with Crippen molar-refractivity contribution >= 4 is 17.8 Å². The summed E-state index contributed by atoms with van der Waals surface area (Å²) in [7, 11) is 0. The summed E-state index contributed by atoms with van der Waals surface area (Å²) in [5.41, 5.74) is 1.78. The Labute approximate surface area is 219 Å². The molecule has 0 spiro atoms. The van der Waals surface area contributed by atoms with Crippen molar-refractivity contribution in [3.05, 3.63) is 97.1 Å². The van der Waals surface area contributed by atoms with Crippen LogP contribution < -0.4 is 10.6 Å². The maximum Gasteiger partial charge on any atom is 0.310 e. The van der Waals surface area contributed by atoms with Gasteiger partial charge in [-0.3, -0.25) is 14.4 Å². The monoisotopic (exact) mass is 506 g/mol. The normalized spacial score (nSPS) is 13.9. The molecule has 2 rings (SSSR count). The predicted octanol–water partition coefficient (Wildman–Crippen LogP) is 3.90. The number of ether oxygens (including phenoxy) is 1. The van der Waals surface area contributed by atoms with Crippen molar-refractivity contribution in [3.63, 3.8) is 0 Å². The van der Waals surface area contributed by atoms with Crippen LogP contribution in [0.2, 0.25) is 0 Å². The molecule has 37 heavy (non-hydrogen) atoms. The molecular formula is C30H38N2O5. The summed E-state index contributed by atoms with van der Waals surface area (Å²) in [6.07, 6.45) is 3.83. The topological polar surface area (TPSA) is 105 Å². The van der Waals surface area contributed by atoms with Crippen LogP contribution in [-0.4, -0.2) is 42.1 Å². The molecular weight excluding hydrogens is 468 g/mol. The number of allylic oxidation sites excluding steroid dienone is 2. The first-order valence-corrected chi connectivity index (χ1v) is 12.6. The number of aliphatic hydroxyl groups excluding tert-OH is 1. The largest absolute Gasteiger partial charge is 0.455 e. The molecule has 7 heteroatoms. The first kappa shape index (κ1) is 29.5. The minimum atomic E-state index is -0.701. The van der Waals surface area contributed by atoms with Gasteiger partial charge in [0.1, 0.15) is 6.10 Å². The maximum atomic E-state index is 13.2. The highest BCUT2D eigenvalue weighted by molar-refractivity contribution is 5.86. The van der Waals surface area contributed by atoms with Gasteiger partial charge in [-0.1, -0.05) is 72.8 Å². The molecule has 0 unspecified atom stereocenters. The van der Waals surface area contributed by atoms with Gasteiger partial charge in [-0.2, -0.15) is 0 Å². The Kier molecular flexibility index (Phi) is 12.9. The van der Waals surface area contributed by atoms with Gasteiger partial charge in [0.2, 0.25) is 11.8 Å². The molecule has 0 bridgehead atoms. The van der Waals surface area contributed by atoms with Crippen LogP contribution >= 0.6 is 0 Å². The van der Waals surface area contributed by atoms with Gasteiger partial charge in [-0.25, -0.2) is 0 Å². The number of hydrogen-bond donors (Lipinski definition) is 3. The lowest BCUT2D eigenvalue weighted by Gasteiger charge is -2.23. The average Bonchev–Trinajstić information content (AvgIpc) is 2.91. The van der Waals surface area contributed by atoms with Gasteiger partial charge in [0.25, 0.3) is 0 Å². The quantitative estimate of drug-likeness (QED) is 0.237. The number of amides is 2. The number of nitrogens with one attached hydrogen (secondary N) is 2. The molecule has 2 aromatic rings. The van der Waals surface area contributed by atoms with Crippen molar-refractivity contribution < 1.29 is 24.2 Å². The summed E-state index contributed by atoms with van der Waals surface area (Å²) >= 11 is 0. The number of carbonyl (C=O) groups is 3. The van der Waals surface area contributed by atoms with E-state index in [0.29, 0.717) is 19.3 Å². The van der Waals surface area contributed by atoms with Crippen molar-refractivity contribution in [2.75, 3.05) is 13.2 Å². The summed E-state index contributed by atoms with van der Waals surface area (Å²) < 4.78 is 5.93. The van der Waals surface area contributed by atoms with Crippen molar-refractivity contribution in [3.8, 4) is 0 Å². The second-order valence-corrected chi connectivity index (χ2v) is 9.07. The first-order chi connectivity index (χ1) is 17.9. The summed E-state index contributed by atoms with van der Waals surface area (Å²) in [5, 5.41) is 14.7. The molecule has 4 atom stereocenters. The number of benzene rings is 2. The molecule has 0 fully saturated rings. The van der Waals surface area contributed by atoms with E-state index >= 15 is 0 Å². The molecule has 0 aromatic heterocycles. The number of rotatable bonds is 16. The second kappa shape index (κ2) is 16.1. The third kappa shape index (κ3) is 10.4. The minimum absolute atomic E-state index is 0.0452. The highest BCUT2D eigenvalue weighted by Gasteiger charge is 2.26. The summed E-state index contributed by atoms with van der Waals surface area (Å²) in [5.74, 6) is -2.08.